The van der Waals surface area contributed by atoms with Gasteiger partial charge in [-0.15, -0.1) is 0 Å². The Balaban J connectivity index is 2.09. The van der Waals surface area contributed by atoms with Crippen molar-refractivity contribution >= 4 is 63.7 Å². The second-order valence-electron chi connectivity index (χ2n) is 6.09. The minimum absolute atomic E-state index is 0.831. The predicted octanol–water partition coefficient (Wildman–Crippen LogP) is 8.60. The third-order valence-corrected chi connectivity index (χ3v) is 6.96. The molecule has 0 unspecified atom stereocenters. The Bertz CT molecular complexity index is 793. The lowest BCUT2D eigenvalue weighted by molar-refractivity contribution is 1.34. The molecule has 0 nitrogen and oxygen atoms in total. The van der Waals surface area contributed by atoms with Crippen molar-refractivity contribution in [1.82, 2.24) is 0 Å². The third-order valence-electron chi connectivity index (χ3n) is 4.46. The lowest BCUT2D eigenvalue weighted by Crippen LogP contribution is -1.94. The average Bonchev–Trinajstić information content (AvgIpc) is 2.73. The fourth-order valence-electron chi connectivity index (χ4n) is 2.99. The minimum Gasteiger partial charge on any atom is -0.0876 e. The summed E-state index contributed by atoms with van der Waals surface area (Å²) in [4.78, 5) is 0. The van der Waals surface area contributed by atoms with E-state index < -0.39 is 0 Å². The quantitative estimate of drug-likeness (QED) is 0.248. The second-order valence-corrected chi connectivity index (χ2v) is 8.34. The molecule has 0 N–H and O–H groups in total. The van der Waals surface area contributed by atoms with Gasteiger partial charge in [0.05, 0.1) is 0 Å². The van der Waals surface area contributed by atoms with E-state index in [0.29, 0.717) is 0 Å². The van der Waals surface area contributed by atoms with Crippen molar-refractivity contribution in [3.8, 4) is 22.3 Å². The van der Waals surface area contributed by atoms with Gasteiger partial charge in [0.1, 0.15) is 0 Å². The van der Waals surface area contributed by atoms with Crippen LogP contribution in [0.1, 0.15) is 22.3 Å². The molecular formula is C22H18Br4. The molecule has 0 aromatic heterocycles. The first-order valence-corrected chi connectivity index (χ1v) is 12.8. The molecule has 3 aromatic carbocycles. The molecule has 0 aliphatic heterocycles. The van der Waals surface area contributed by atoms with Crippen LogP contribution in [0.15, 0.2) is 60.7 Å². The number of alkyl halides is 4. The van der Waals surface area contributed by atoms with Gasteiger partial charge in [-0.25, -0.2) is 0 Å². The van der Waals surface area contributed by atoms with Gasteiger partial charge >= 0.3 is 0 Å². The zero-order chi connectivity index (χ0) is 18.5. The van der Waals surface area contributed by atoms with Crippen molar-refractivity contribution in [2.75, 3.05) is 0 Å². The van der Waals surface area contributed by atoms with Crippen LogP contribution in [0.2, 0.25) is 0 Å². The smallest absolute Gasteiger partial charge is 0.0289 e. The molecule has 4 heteroatoms. The molecule has 0 spiro atoms. The number of hydrogen-bond donors (Lipinski definition) is 0. The van der Waals surface area contributed by atoms with Crippen LogP contribution in [0.3, 0.4) is 0 Å². The summed E-state index contributed by atoms with van der Waals surface area (Å²) >= 11 is 14.4. The summed E-state index contributed by atoms with van der Waals surface area (Å²) in [6, 6.07) is 22.2. The van der Waals surface area contributed by atoms with Crippen molar-refractivity contribution in [2.24, 2.45) is 0 Å². The second kappa shape index (κ2) is 9.68. The predicted molar refractivity (Wildman–Crippen MR) is 128 cm³/mol. The van der Waals surface area contributed by atoms with Gasteiger partial charge in [0.25, 0.3) is 0 Å². The molecule has 26 heavy (non-hydrogen) atoms. The minimum atomic E-state index is 0.831. The highest BCUT2D eigenvalue weighted by Gasteiger charge is 2.12. The van der Waals surface area contributed by atoms with E-state index in [4.69, 9.17) is 0 Å². The van der Waals surface area contributed by atoms with Crippen molar-refractivity contribution < 1.29 is 0 Å². The van der Waals surface area contributed by atoms with Crippen LogP contribution >= 0.6 is 63.7 Å². The highest BCUT2D eigenvalue weighted by atomic mass is 79.9. The average molecular weight is 602 g/mol. The van der Waals surface area contributed by atoms with E-state index in [1.165, 1.54) is 44.5 Å². The largest absolute Gasteiger partial charge is 0.0876 e. The number of rotatable bonds is 6. The van der Waals surface area contributed by atoms with E-state index in [2.05, 4.69) is 124 Å². The number of benzene rings is 3. The van der Waals surface area contributed by atoms with Crippen molar-refractivity contribution in [3.05, 3.63) is 82.9 Å². The summed E-state index contributed by atoms with van der Waals surface area (Å²) in [5.74, 6) is 0. The van der Waals surface area contributed by atoms with E-state index >= 15 is 0 Å². The Kier molecular flexibility index (Phi) is 7.56. The van der Waals surface area contributed by atoms with Gasteiger partial charge in [0.15, 0.2) is 0 Å². The highest BCUT2D eigenvalue weighted by Crippen LogP contribution is 2.35. The van der Waals surface area contributed by atoms with Gasteiger partial charge in [0.2, 0.25) is 0 Å². The Morgan fingerprint density at radius 1 is 0.462 bits per heavy atom. The van der Waals surface area contributed by atoms with Gasteiger partial charge in [-0.05, 0) is 56.6 Å². The summed E-state index contributed by atoms with van der Waals surface area (Å²) in [5.41, 5.74) is 10.3. The van der Waals surface area contributed by atoms with E-state index in [-0.39, 0.29) is 0 Å². The lowest BCUT2D eigenvalue weighted by atomic mass is 9.91. The summed E-state index contributed by atoms with van der Waals surface area (Å²) in [7, 11) is 0. The third kappa shape index (κ3) is 4.52. The maximum atomic E-state index is 3.68. The molecular weight excluding hydrogens is 584 g/mol. The number of halogens is 4. The van der Waals surface area contributed by atoms with Crippen LogP contribution in [-0.2, 0) is 21.3 Å². The first-order valence-electron chi connectivity index (χ1n) is 8.28. The molecule has 134 valence electrons. The van der Waals surface area contributed by atoms with Crippen LogP contribution in [-0.4, -0.2) is 0 Å². The van der Waals surface area contributed by atoms with Gasteiger partial charge < -0.3 is 0 Å². The monoisotopic (exact) mass is 598 g/mol. The summed E-state index contributed by atoms with van der Waals surface area (Å²) in [6.07, 6.45) is 0. The van der Waals surface area contributed by atoms with Gasteiger partial charge in [-0.2, -0.15) is 0 Å². The molecule has 0 bridgehead atoms. The molecule has 0 heterocycles. The first-order chi connectivity index (χ1) is 12.7. The van der Waals surface area contributed by atoms with Crippen LogP contribution in [0.5, 0.6) is 0 Å². The zero-order valence-corrected chi connectivity index (χ0v) is 20.5. The Morgan fingerprint density at radius 3 is 1.08 bits per heavy atom. The topological polar surface area (TPSA) is 0 Å². The van der Waals surface area contributed by atoms with Crippen molar-refractivity contribution in [1.29, 1.82) is 0 Å². The van der Waals surface area contributed by atoms with Crippen molar-refractivity contribution in [3.63, 3.8) is 0 Å². The Hall–Kier alpha value is -0.420. The molecule has 0 atom stereocenters. The van der Waals surface area contributed by atoms with Crippen molar-refractivity contribution in [2.45, 2.75) is 21.3 Å². The van der Waals surface area contributed by atoms with E-state index in [0.717, 1.165) is 21.3 Å². The fraction of sp³-hybridized carbons (Fsp3) is 0.182. The molecule has 3 aromatic rings. The lowest BCUT2D eigenvalue weighted by Gasteiger charge is -2.16. The molecule has 0 saturated heterocycles. The molecule has 0 fully saturated rings. The maximum absolute atomic E-state index is 3.68. The van der Waals surface area contributed by atoms with Crippen LogP contribution < -0.4 is 0 Å². The fourth-order valence-corrected chi connectivity index (χ4v) is 4.67. The molecule has 0 amide bonds. The zero-order valence-electron chi connectivity index (χ0n) is 14.1. The molecule has 0 aliphatic carbocycles. The standard InChI is InChI=1S/C22H18Br4/c23-11-15-1-5-17(6-2-15)21-9-20(14-26)22(10-19(21)13-25)18-7-3-16(12-24)4-8-18/h1-10H,11-14H2. The van der Waals surface area contributed by atoms with Gasteiger partial charge in [-0.3, -0.25) is 0 Å². The van der Waals surface area contributed by atoms with Gasteiger partial charge in [-0.1, -0.05) is 112 Å². The molecule has 0 aliphatic rings. The normalized spacial score (nSPS) is 10.9. The van der Waals surface area contributed by atoms with E-state index in [1.807, 2.05) is 0 Å². The first kappa shape index (κ1) is 20.3. The van der Waals surface area contributed by atoms with Crippen LogP contribution in [0.4, 0.5) is 0 Å². The molecule has 0 saturated carbocycles. The maximum Gasteiger partial charge on any atom is 0.0289 e. The van der Waals surface area contributed by atoms with E-state index in [1.54, 1.807) is 0 Å². The highest BCUT2D eigenvalue weighted by molar-refractivity contribution is 9.09. The van der Waals surface area contributed by atoms with Crippen LogP contribution in [0.25, 0.3) is 22.3 Å². The Labute approximate surface area is 188 Å². The summed E-state index contributed by atoms with van der Waals surface area (Å²) in [5, 5.41) is 3.43. The van der Waals surface area contributed by atoms with E-state index in [9.17, 15) is 0 Å². The Morgan fingerprint density at radius 2 is 0.808 bits per heavy atom. The summed E-state index contributed by atoms with van der Waals surface area (Å²) in [6.45, 7) is 0. The summed E-state index contributed by atoms with van der Waals surface area (Å²) < 4.78 is 0. The van der Waals surface area contributed by atoms with Gasteiger partial charge in [0, 0.05) is 21.3 Å². The SMILES string of the molecule is BrCc1ccc(-c2cc(CBr)c(-c3ccc(CBr)cc3)cc2CBr)cc1. The van der Waals surface area contributed by atoms with Crippen LogP contribution in [0, 0.1) is 0 Å². The molecule has 0 radical (unpaired) electrons. The number of hydrogen-bond acceptors (Lipinski definition) is 0. The molecule has 3 rings (SSSR count).